The van der Waals surface area contributed by atoms with Gasteiger partial charge in [0.05, 0.1) is 5.92 Å². The van der Waals surface area contributed by atoms with E-state index in [1.807, 2.05) is 35.8 Å². The molecule has 0 bridgehead atoms. The van der Waals surface area contributed by atoms with Crippen molar-refractivity contribution in [2.75, 3.05) is 22.5 Å². The molecule has 8 heteroatoms. The number of aryl methyl sites for hydroxylation is 1. The van der Waals surface area contributed by atoms with E-state index in [4.69, 9.17) is 0 Å². The Balaban J connectivity index is 1.45. The maximum Gasteiger partial charge on any atom is 0.232 e. The largest absolute Gasteiger partial charge is 0.312 e. The predicted octanol–water partition coefficient (Wildman–Crippen LogP) is 2.07. The number of anilines is 2. The van der Waals surface area contributed by atoms with Crippen LogP contribution in [0, 0.1) is 12.8 Å². The van der Waals surface area contributed by atoms with Crippen molar-refractivity contribution in [3.63, 3.8) is 0 Å². The second-order valence-corrected chi connectivity index (χ2v) is 7.45. The summed E-state index contributed by atoms with van der Waals surface area (Å²) in [6.07, 6.45) is 1.25. The zero-order valence-electron chi connectivity index (χ0n) is 13.9. The molecule has 1 atom stereocenters. The zero-order chi connectivity index (χ0) is 17.4. The molecule has 2 amide bonds. The Morgan fingerprint density at radius 1 is 1.28 bits per heavy atom. The molecule has 1 aromatic carbocycles. The lowest BCUT2D eigenvalue weighted by Crippen LogP contribution is -2.29. The summed E-state index contributed by atoms with van der Waals surface area (Å²) in [5, 5.41) is 11.9. The van der Waals surface area contributed by atoms with Gasteiger partial charge >= 0.3 is 0 Å². The van der Waals surface area contributed by atoms with Gasteiger partial charge in [0, 0.05) is 31.0 Å². The molecule has 0 saturated carbocycles. The quantitative estimate of drug-likeness (QED) is 0.910. The van der Waals surface area contributed by atoms with Crippen molar-refractivity contribution in [1.82, 2.24) is 14.8 Å². The van der Waals surface area contributed by atoms with Gasteiger partial charge < -0.3 is 4.90 Å². The van der Waals surface area contributed by atoms with Crippen LogP contribution in [-0.2, 0) is 16.1 Å². The van der Waals surface area contributed by atoms with E-state index in [2.05, 4.69) is 15.5 Å². The van der Waals surface area contributed by atoms with Gasteiger partial charge in [-0.15, -0.1) is 10.2 Å². The zero-order valence-corrected chi connectivity index (χ0v) is 14.8. The van der Waals surface area contributed by atoms with Crippen LogP contribution < -0.4 is 10.2 Å². The molecule has 0 unspecified atom stereocenters. The van der Waals surface area contributed by atoms with Crippen LogP contribution in [0.2, 0.25) is 0 Å². The fraction of sp³-hybridized carbons (Fsp3) is 0.412. The van der Waals surface area contributed by atoms with Crippen molar-refractivity contribution in [3.05, 3.63) is 29.8 Å². The Morgan fingerprint density at radius 2 is 2.08 bits per heavy atom. The summed E-state index contributed by atoms with van der Waals surface area (Å²) in [6.45, 7) is 3.21. The number of thioether (sulfide) groups is 1. The Labute approximate surface area is 149 Å². The number of fused-ring (bicyclic) bond motifs is 1. The van der Waals surface area contributed by atoms with Crippen molar-refractivity contribution in [1.29, 1.82) is 0 Å². The smallest absolute Gasteiger partial charge is 0.232 e. The van der Waals surface area contributed by atoms with E-state index in [9.17, 15) is 9.59 Å². The summed E-state index contributed by atoms with van der Waals surface area (Å²) < 4.78 is 1.93. The van der Waals surface area contributed by atoms with Crippen molar-refractivity contribution in [2.24, 2.45) is 5.92 Å². The lowest BCUT2D eigenvalue weighted by molar-refractivity contribution is -0.122. The molecule has 3 heterocycles. The van der Waals surface area contributed by atoms with Gasteiger partial charge in [0.2, 0.25) is 17.8 Å². The monoisotopic (exact) mass is 357 g/mol. The lowest BCUT2D eigenvalue weighted by Gasteiger charge is -2.17. The molecule has 2 aliphatic heterocycles. The van der Waals surface area contributed by atoms with Crippen LogP contribution in [-0.4, -0.2) is 38.9 Å². The molecule has 0 radical (unpaired) electrons. The molecule has 4 rings (SSSR count). The molecule has 0 spiro atoms. The van der Waals surface area contributed by atoms with Crippen LogP contribution in [0.25, 0.3) is 0 Å². The van der Waals surface area contributed by atoms with Gasteiger partial charge in [-0.1, -0.05) is 29.5 Å². The van der Waals surface area contributed by atoms with E-state index in [1.54, 1.807) is 16.7 Å². The van der Waals surface area contributed by atoms with E-state index < -0.39 is 0 Å². The second-order valence-electron chi connectivity index (χ2n) is 6.39. The standard InChI is InChI=1S/C17H19N5O2S/c1-11-3-5-13(6-4-11)22-10-12(9-14(22)23)15(24)18-16-19-20-17-21(16)7-2-8-25-17/h3-6,12H,2,7-10H2,1H3,(H,18,19,24)/t12-/m1/s1. The molecule has 130 valence electrons. The highest BCUT2D eigenvalue weighted by molar-refractivity contribution is 7.99. The topological polar surface area (TPSA) is 80.1 Å². The van der Waals surface area contributed by atoms with Crippen LogP contribution in [0.4, 0.5) is 11.6 Å². The van der Waals surface area contributed by atoms with Gasteiger partial charge in [-0.05, 0) is 25.5 Å². The van der Waals surface area contributed by atoms with Crippen molar-refractivity contribution < 1.29 is 9.59 Å². The minimum Gasteiger partial charge on any atom is -0.312 e. The number of hydrogen-bond acceptors (Lipinski definition) is 5. The Morgan fingerprint density at radius 3 is 2.88 bits per heavy atom. The average Bonchev–Trinajstić information content (AvgIpc) is 3.20. The number of carbonyl (C=O) groups is 2. The molecular weight excluding hydrogens is 338 g/mol. The van der Waals surface area contributed by atoms with E-state index in [1.165, 1.54) is 0 Å². The fourth-order valence-electron chi connectivity index (χ4n) is 3.15. The molecule has 1 saturated heterocycles. The minimum absolute atomic E-state index is 0.0252. The molecule has 1 aromatic heterocycles. The number of rotatable bonds is 3. The van der Waals surface area contributed by atoms with E-state index in [0.29, 0.717) is 12.5 Å². The number of amides is 2. The Hall–Kier alpha value is -2.35. The van der Waals surface area contributed by atoms with Gasteiger partial charge in [-0.3, -0.25) is 19.5 Å². The van der Waals surface area contributed by atoms with Crippen LogP contribution >= 0.6 is 11.8 Å². The highest BCUT2D eigenvalue weighted by Gasteiger charge is 2.35. The summed E-state index contributed by atoms with van der Waals surface area (Å²) >= 11 is 1.64. The highest BCUT2D eigenvalue weighted by Crippen LogP contribution is 2.28. The second kappa shape index (κ2) is 6.51. The van der Waals surface area contributed by atoms with Crippen LogP contribution in [0.1, 0.15) is 18.4 Å². The summed E-state index contributed by atoms with van der Waals surface area (Å²) in [5.74, 6) is 0.928. The molecule has 0 aliphatic carbocycles. The van der Waals surface area contributed by atoms with Crippen molar-refractivity contribution in [3.8, 4) is 0 Å². The molecule has 25 heavy (non-hydrogen) atoms. The first-order valence-corrected chi connectivity index (χ1v) is 9.34. The third kappa shape index (κ3) is 3.13. The third-order valence-corrected chi connectivity index (χ3v) is 5.60. The molecule has 2 aromatic rings. The van der Waals surface area contributed by atoms with Gasteiger partial charge in [-0.25, -0.2) is 0 Å². The number of carbonyl (C=O) groups excluding carboxylic acids is 2. The molecule has 7 nitrogen and oxygen atoms in total. The first kappa shape index (κ1) is 16.1. The maximum atomic E-state index is 12.6. The average molecular weight is 357 g/mol. The highest BCUT2D eigenvalue weighted by atomic mass is 32.2. The molecule has 1 fully saturated rings. The Kier molecular flexibility index (Phi) is 4.20. The number of aromatic nitrogens is 3. The van der Waals surface area contributed by atoms with Crippen molar-refractivity contribution >= 4 is 35.2 Å². The first-order chi connectivity index (χ1) is 12.1. The number of nitrogens with zero attached hydrogens (tertiary/aromatic N) is 4. The van der Waals surface area contributed by atoms with Crippen molar-refractivity contribution in [2.45, 2.75) is 31.5 Å². The summed E-state index contributed by atoms with van der Waals surface area (Å²) in [7, 11) is 0. The minimum atomic E-state index is -0.377. The number of hydrogen-bond donors (Lipinski definition) is 1. The van der Waals surface area contributed by atoms with E-state index in [0.717, 1.165) is 35.1 Å². The van der Waals surface area contributed by atoms with E-state index >= 15 is 0 Å². The predicted molar refractivity (Wildman–Crippen MR) is 95.6 cm³/mol. The summed E-state index contributed by atoms with van der Waals surface area (Å²) in [6, 6.07) is 7.77. The maximum absolute atomic E-state index is 12.6. The van der Waals surface area contributed by atoms with Crippen LogP contribution in [0.3, 0.4) is 0 Å². The summed E-state index contributed by atoms with van der Waals surface area (Å²) in [5.41, 5.74) is 1.97. The van der Waals surface area contributed by atoms with Gasteiger partial charge in [0.15, 0.2) is 5.16 Å². The fourth-order valence-corrected chi connectivity index (χ4v) is 4.03. The molecule has 1 N–H and O–H groups in total. The molecule has 2 aliphatic rings. The SMILES string of the molecule is Cc1ccc(N2C[C@H](C(=O)Nc3nnc4n3CCCS4)CC2=O)cc1. The summed E-state index contributed by atoms with van der Waals surface area (Å²) in [4.78, 5) is 26.6. The normalized spacial score (nSPS) is 19.8. The van der Waals surface area contributed by atoms with Gasteiger partial charge in [0.25, 0.3) is 0 Å². The number of benzene rings is 1. The molecular formula is C17H19N5O2S. The van der Waals surface area contributed by atoms with Crippen LogP contribution in [0.15, 0.2) is 29.4 Å². The first-order valence-electron chi connectivity index (χ1n) is 8.36. The van der Waals surface area contributed by atoms with Crippen LogP contribution in [0.5, 0.6) is 0 Å². The van der Waals surface area contributed by atoms with E-state index in [-0.39, 0.29) is 24.2 Å². The third-order valence-electron chi connectivity index (χ3n) is 4.55. The lowest BCUT2D eigenvalue weighted by atomic mass is 10.1. The Bertz CT molecular complexity index is 817. The van der Waals surface area contributed by atoms with Gasteiger partial charge in [-0.2, -0.15) is 0 Å². The van der Waals surface area contributed by atoms with Gasteiger partial charge in [0.1, 0.15) is 0 Å². The number of nitrogens with one attached hydrogen (secondary N) is 1.